The van der Waals surface area contributed by atoms with E-state index in [9.17, 15) is 18.4 Å². The van der Waals surface area contributed by atoms with Crippen molar-refractivity contribution >= 4 is 17.6 Å². The van der Waals surface area contributed by atoms with Crippen LogP contribution in [0.25, 0.3) is 0 Å². The Labute approximate surface area is 180 Å². The Hall–Kier alpha value is -3.40. The number of ether oxygens (including phenoxy) is 2. The summed E-state index contributed by atoms with van der Waals surface area (Å²) in [4.78, 5) is 36.5. The number of carbonyl (C=O) groups is 1. The van der Waals surface area contributed by atoms with Crippen LogP contribution in [0.5, 0.6) is 5.88 Å². The predicted octanol–water partition coefficient (Wildman–Crippen LogP) is 3.08. The first-order chi connectivity index (χ1) is 14.8. The monoisotopic (exact) mass is 450 g/mol. The first kappa shape index (κ1) is 22.3. The van der Waals surface area contributed by atoms with Crippen LogP contribution in [-0.4, -0.2) is 32.1 Å². The topological polar surface area (TPSA) is 96.2 Å². The van der Waals surface area contributed by atoms with Crippen molar-refractivity contribution in [2.45, 2.75) is 27.0 Å². The van der Waals surface area contributed by atoms with Gasteiger partial charge in [0, 0.05) is 11.6 Å². The van der Waals surface area contributed by atoms with Crippen molar-refractivity contribution in [1.82, 2.24) is 19.5 Å². The zero-order valence-electron chi connectivity index (χ0n) is 16.6. The van der Waals surface area contributed by atoms with Gasteiger partial charge in [0.25, 0.3) is 5.56 Å². The summed E-state index contributed by atoms with van der Waals surface area (Å²) in [5.74, 6) is -2.01. The molecule has 162 valence electrons. The Balaban J connectivity index is 1.78. The Morgan fingerprint density at radius 2 is 2.00 bits per heavy atom. The lowest BCUT2D eigenvalue weighted by molar-refractivity contribution is 0.0519. The fourth-order valence-corrected chi connectivity index (χ4v) is 2.79. The Kier molecular flexibility index (Phi) is 6.91. The number of carbonyl (C=O) groups excluding carboxylic acids is 1. The van der Waals surface area contributed by atoms with E-state index < -0.39 is 23.2 Å². The summed E-state index contributed by atoms with van der Waals surface area (Å²) in [6.45, 7) is 3.16. The molecule has 1 aromatic carbocycles. The van der Waals surface area contributed by atoms with Crippen molar-refractivity contribution in [3.05, 3.63) is 80.4 Å². The Bertz CT molecular complexity index is 1170. The van der Waals surface area contributed by atoms with E-state index in [1.807, 2.05) is 0 Å². The molecule has 0 radical (unpaired) electrons. The summed E-state index contributed by atoms with van der Waals surface area (Å²) < 4.78 is 38.2. The van der Waals surface area contributed by atoms with Gasteiger partial charge >= 0.3 is 5.97 Å². The van der Waals surface area contributed by atoms with Crippen LogP contribution in [0, 0.1) is 18.6 Å². The van der Waals surface area contributed by atoms with E-state index in [1.54, 1.807) is 13.8 Å². The molecule has 3 rings (SSSR count). The SMILES string of the molecule is CCOC(=O)c1cnc(Cn2c(C)nc(OCc3ccc(F)cc3F)c(Cl)c2=O)cn1. The lowest BCUT2D eigenvalue weighted by Gasteiger charge is -2.13. The van der Waals surface area contributed by atoms with Crippen LogP contribution in [0.3, 0.4) is 0 Å². The number of rotatable bonds is 7. The molecule has 8 nitrogen and oxygen atoms in total. The van der Waals surface area contributed by atoms with Crippen LogP contribution in [0.2, 0.25) is 5.02 Å². The number of hydrogen-bond donors (Lipinski definition) is 0. The highest BCUT2D eigenvalue weighted by atomic mass is 35.5. The smallest absolute Gasteiger partial charge is 0.358 e. The van der Waals surface area contributed by atoms with Gasteiger partial charge in [-0.1, -0.05) is 11.6 Å². The van der Waals surface area contributed by atoms with Gasteiger partial charge in [-0.25, -0.2) is 18.6 Å². The number of aromatic nitrogens is 4. The maximum absolute atomic E-state index is 13.8. The van der Waals surface area contributed by atoms with Crippen LogP contribution in [0.4, 0.5) is 8.78 Å². The van der Waals surface area contributed by atoms with Gasteiger partial charge in [0.15, 0.2) is 10.7 Å². The molecule has 0 bridgehead atoms. The fourth-order valence-electron chi connectivity index (χ4n) is 2.59. The number of aryl methyl sites for hydroxylation is 1. The Morgan fingerprint density at radius 1 is 1.23 bits per heavy atom. The highest BCUT2D eigenvalue weighted by molar-refractivity contribution is 6.31. The lowest BCUT2D eigenvalue weighted by atomic mass is 10.2. The summed E-state index contributed by atoms with van der Waals surface area (Å²) in [6.07, 6.45) is 2.59. The number of nitrogens with zero attached hydrogens (tertiary/aromatic N) is 4. The van der Waals surface area contributed by atoms with Gasteiger partial charge in [-0.3, -0.25) is 14.3 Å². The van der Waals surface area contributed by atoms with Crippen molar-refractivity contribution in [3.8, 4) is 5.88 Å². The van der Waals surface area contributed by atoms with Crippen LogP contribution in [0.1, 0.15) is 34.5 Å². The molecule has 0 fully saturated rings. The zero-order chi connectivity index (χ0) is 22.5. The van der Waals surface area contributed by atoms with Gasteiger partial charge in [0.1, 0.15) is 24.1 Å². The summed E-state index contributed by atoms with van der Waals surface area (Å²) in [7, 11) is 0. The van der Waals surface area contributed by atoms with E-state index in [0.29, 0.717) is 5.69 Å². The second kappa shape index (κ2) is 9.61. The third-order valence-corrected chi connectivity index (χ3v) is 4.49. The number of hydrogen-bond acceptors (Lipinski definition) is 7. The molecular formula is C20H17ClF2N4O4. The van der Waals surface area contributed by atoms with Crippen LogP contribution >= 0.6 is 11.6 Å². The van der Waals surface area contributed by atoms with Gasteiger partial charge in [-0.15, -0.1) is 0 Å². The van der Waals surface area contributed by atoms with Crippen molar-refractivity contribution < 1.29 is 23.0 Å². The van der Waals surface area contributed by atoms with Crippen molar-refractivity contribution in [1.29, 1.82) is 0 Å². The molecule has 0 aliphatic heterocycles. The molecule has 0 spiro atoms. The van der Waals surface area contributed by atoms with Gasteiger partial charge < -0.3 is 9.47 Å². The van der Waals surface area contributed by atoms with E-state index in [4.69, 9.17) is 21.1 Å². The molecule has 0 amide bonds. The quantitative estimate of drug-likeness (QED) is 0.510. The average Bonchev–Trinajstić information content (AvgIpc) is 2.74. The molecule has 0 aliphatic carbocycles. The van der Waals surface area contributed by atoms with E-state index >= 15 is 0 Å². The van der Waals surface area contributed by atoms with Gasteiger partial charge in [0.2, 0.25) is 5.88 Å². The van der Waals surface area contributed by atoms with Crippen LogP contribution in [-0.2, 0) is 17.9 Å². The first-order valence-corrected chi connectivity index (χ1v) is 9.49. The summed E-state index contributed by atoms with van der Waals surface area (Å²) >= 11 is 6.10. The highest BCUT2D eigenvalue weighted by Crippen LogP contribution is 2.20. The van der Waals surface area contributed by atoms with E-state index in [-0.39, 0.29) is 47.7 Å². The maximum Gasteiger partial charge on any atom is 0.358 e. The summed E-state index contributed by atoms with van der Waals surface area (Å²) in [5, 5.41) is -0.302. The van der Waals surface area contributed by atoms with Crippen LogP contribution < -0.4 is 10.3 Å². The molecule has 3 aromatic rings. The normalized spacial score (nSPS) is 10.7. The summed E-state index contributed by atoms with van der Waals surface area (Å²) in [5.41, 5.74) is -0.0844. The fraction of sp³-hybridized carbons (Fsp3) is 0.250. The molecule has 0 aliphatic rings. The van der Waals surface area contributed by atoms with Gasteiger partial charge in [-0.2, -0.15) is 4.98 Å². The van der Waals surface area contributed by atoms with E-state index in [1.165, 1.54) is 23.0 Å². The minimum atomic E-state index is -0.786. The molecule has 2 aromatic heterocycles. The highest BCUT2D eigenvalue weighted by Gasteiger charge is 2.16. The van der Waals surface area contributed by atoms with E-state index in [0.717, 1.165) is 12.1 Å². The first-order valence-electron chi connectivity index (χ1n) is 9.11. The molecule has 2 heterocycles. The third-order valence-electron chi connectivity index (χ3n) is 4.16. The molecule has 0 atom stereocenters. The standard InChI is InChI=1S/C20H17ClF2N4O4/c1-3-30-20(29)16-8-24-14(7-25-16)9-27-11(2)26-18(17(21)19(27)28)31-10-12-4-5-13(22)6-15(12)23/h4-8H,3,9-10H2,1-2H3. The third kappa shape index (κ3) is 5.21. The Morgan fingerprint density at radius 3 is 2.65 bits per heavy atom. The van der Waals surface area contributed by atoms with Crippen molar-refractivity contribution in [2.24, 2.45) is 0 Å². The molecule has 0 saturated carbocycles. The zero-order valence-corrected chi connectivity index (χ0v) is 17.3. The molecule has 31 heavy (non-hydrogen) atoms. The average molecular weight is 451 g/mol. The molecular weight excluding hydrogens is 434 g/mol. The molecule has 0 unspecified atom stereocenters. The number of benzene rings is 1. The second-order valence-electron chi connectivity index (χ2n) is 6.31. The summed E-state index contributed by atoms with van der Waals surface area (Å²) in [6, 6.07) is 3.05. The van der Waals surface area contributed by atoms with Gasteiger partial charge in [-0.05, 0) is 26.0 Å². The lowest BCUT2D eigenvalue weighted by Crippen LogP contribution is -2.26. The molecule has 0 saturated heterocycles. The van der Waals surface area contributed by atoms with Crippen molar-refractivity contribution in [2.75, 3.05) is 6.61 Å². The molecule has 11 heteroatoms. The maximum atomic E-state index is 13.8. The van der Waals surface area contributed by atoms with Gasteiger partial charge in [0.05, 0.1) is 31.2 Å². The molecule has 0 N–H and O–H groups in total. The van der Waals surface area contributed by atoms with E-state index in [2.05, 4.69) is 15.0 Å². The second-order valence-corrected chi connectivity index (χ2v) is 6.69. The largest absolute Gasteiger partial charge is 0.471 e. The number of halogens is 3. The minimum Gasteiger partial charge on any atom is -0.471 e. The predicted molar refractivity (Wildman–Crippen MR) is 106 cm³/mol. The number of esters is 1. The minimum absolute atomic E-state index is 0.000359. The van der Waals surface area contributed by atoms with Crippen LogP contribution in [0.15, 0.2) is 35.4 Å². The van der Waals surface area contributed by atoms with Crippen molar-refractivity contribution in [3.63, 3.8) is 0 Å².